The molecule has 1 aromatic heterocycles. The summed E-state index contributed by atoms with van der Waals surface area (Å²) in [6.07, 6.45) is -7.69. The molecule has 0 bridgehead atoms. The number of alkyl halides is 3. The molecule has 7 nitrogen and oxygen atoms in total. The molecule has 2 atom stereocenters. The standard InChI is InChI=1S/C22H19ClF3N3O4/c1-3-32-16-6-4-5-13(11(16)2)19-14-9-12(23)7-8-15(14)29-20(17(33-19)10-18(30)31)27-28-21(29)22(24,25)26/h4-9,17,19H,3,10H2,1-2H3,(H,30,31)/t17-,19-/m1/s1. The lowest BCUT2D eigenvalue weighted by molar-refractivity contribution is -0.146. The van der Waals surface area contributed by atoms with Crippen molar-refractivity contribution in [1.29, 1.82) is 0 Å². The zero-order valence-corrected chi connectivity index (χ0v) is 18.3. The van der Waals surface area contributed by atoms with Crippen molar-refractivity contribution in [2.45, 2.75) is 38.7 Å². The molecule has 0 spiro atoms. The number of hydrogen-bond acceptors (Lipinski definition) is 5. The third kappa shape index (κ3) is 4.28. The highest BCUT2D eigenvalue weighted by atomic mass is 35.5. The van der Waals surface area contributed by atoms with Crippen LogP contribution in [0.15, 0.2) is 36.4 Å². The lowest BCUT2D eigenvalue weighted by Gasteiger charge is -2.24. The Morgan fingerprint density at radius 2 is 2.00 bits per heavy atom. The first-order valence-electron chi connectivity index (χ1n) is 10.0. The van der Waals surface area contributed by atoms with E-state index in [1.165, 1.54) is 18.2 Å². The quantitative estimate of drug-likeness (QED) is 0.533. The van der Waals surface area contributed by atoms with E-state index in [0.29, 0.717) is 29.0 Å². The molecular weight excluding hydrogens is 463 g/mol. The number of rotatable bonds is 5. The summed E-state index contributed by atoms with van der Waals surface area (Å²) in [5.41, 5.74) is 1.73. The van der Waals surface area contributed by atoms with Crippen LogP contribution in [0.2, 0.25) is 5.02 Å². The van der Waals surface area contributed by atoms with Crippen LogP contribution in [0.5, 0.6) is 5.75 Å². The monoisotopic (exact) mass is 481 g/mol. The lowest BCUT2D eigenvalue weighted by Crippen LogP contribution is -2.17. The summed E-state index contributed by atoms with van der Waals surface area (Å²) in [5.74, 6) is -2.21. The number of fused-ring (bicyclic) bond motifs is 3. The van der Waals surface area contributed by atoms with E-state index in [0.717, 1.165) is 4.57 Å². The number of hydrogen-bond donors (Lipinski definition) is 1. The maximum absolute atomic E-state index is 13.8. The first kappa shape index (κ1) is 23.1. The molecule has 0 unspecified atom stereocenters. The van der Waals surface area contributed by atoms with Crippen LogP contribution in [0.1, 0.15) is 53.9 Å². The van der Waals surface area contributed by atoms with Crippen molar-refractivity contribution >= 4 is 17.6 Å². The van der Waals surface area contributed by atoms with Crippen molar-refractivity contribution in [1.82, 2.24) is 14.8 Å². The van der Waals surface area contributed by atoms with E-state index in [1.54, 1.807) is 25.1 Å². The predicted octanol–water partition coefficient (Wildman–Crippen LogP) is 5.28. The van der Waals surface area contributed by atoms with Crippen molar-refractivity contribution in [2.75, 3.05) is 6.61 Å². The molecule has 1 aliphatic rings. The van der Waals surface area contributed by atoms with Crippen LogP contribution in [-0.4, -0.2) is 32.4 Å². The molecule has 174 valence electrons. The second kappa shape index (κ2) is 8.68. The summed E-state index contributed by atoms with van der Waals surface area (Å²) in [5, 5.41) is 16.7. The van der Waals surface area contributed by atoms with Crippen LogP contribution in [0.4, 0.5) is 13.2 Å². The Morgan fingerprint density at radius 1 is 1.24 bits per heavy atom. The number of carboxylic acid groups (broad SMARTS) is 1. The number of carboxylic acids is 1. The molecule has 2 heterocycles. The van der Waals surface area contributed by atoms with Gasteiger partial charge in [-0.1, -0.05) is 23.7 Å². The van der Waals surface area contributed by atoms with Gasteiger partial charge in [0.1, 0.15) is 18.0 Å². The molecule has 0 saturated carbocycles. The number of ether oxygens (including phenoxy) is 2. The normalized spacial score (nSPS) is 17.8. The van der Waals surface area contributed by atoms with Gasteiger partial charge in [0.25, 0.3) is 0 Å². The summed E-state index contributed by atoms with van der Waals surface area (Å²) < 4.78 is 54.0. The van der Waals surface area contributed by atoms with Gasteiger partial charge in [-0.25, -0.2) is 0 Å². The Hall–Kier alpha value is -3.11. The van der Waals surface area contributed by atoms with Gasteiger partial charge in [-0.2, -0.15) is 13.2 Å². The molecule has 3 aromatic rings. The molecule has 4 rings (SSSR count). The van der Waals surface area contributed by atoms with E-state index in [2.05, 4.69) is 10.2 Å². The van der Waals surface area contributed by atoms with Crippen molar-refractivity contribution < 1.29 is 32.5 Å². The Kier molecular flexibility index (Phi) is 6.06. The fraction of sp³-hybridized carbons (Fsp3) is 0.318. The van der Waals surface area contributed by atoms with E-state index >= 15 is 0 Å². The van der Waals surface area contributed by atoms with Gasteiger partial charge < -0.3 is 14.6 Å². The second-order valence-corrected chi connectivity index (χ2v) is 7.86. The van der Waals surface area contributed by atoms with E-state index in [4.69, 9.17) is 21.1 Å². The Labute approximate surface area is 191 Å². The lowest BCUT2D eigenvalue weighted by atomic mass is 9.95. The molecule has 11 heteroatoms. The van der Waals surface area contributed by atoms with Crippen LogP contribution >= 0.6 is 11.6 Å². The molecular formula is C22H19ClF3N3O4. The number of aromatic nitrogens is 3. The van der Waals surface area contributed by atoms with Gasteiger partial charge in [-0.05, 0) is 49.2 Å². The zero-order chi connectivity index (χ0) is 23.9. The fourth-order valence-corrected chi connectivity index (χ4v) is 4.11. The summed E-state index contributed by atoms with van der Waals surface area (Å²) >= 11 is 6.22. The van der Waals surface area contributed by atoms with Gasteiger partial charge in [0.05, 0.1) is 18.7 Å². The Balaban J connectivity index is 2.00. The van der Waals surface area contributed by atoms with Crippen LogP contribution in [0.25, 0.3) is 5.69 Å². The third-order valence-electron chi connectivity index (χ3n) is 5.31. The largest absolute Gasteiger partial charge is 0.494 e. The maximum atomic E-state index is 13.8. The van der Waals surface area contributed by atoms with Gasteiger partial charge in [0.2, 0.25) is 5.82 Å². The van der Waals surface area contributed by atoms with Crippen molar-refractivity contribution in [3.63, 3.8) is 0 Å². The van der Waals surface area contributed by atoms with Crippen molar-refractivity contribution in [3.8, 4) is 11.4 Å². The highest BCUT2D eigenvalue weighted by molar-refractivity contribution is 6.30. The molecule has 0 radical (unpaired) electrons. The molecule has 1 aliphatic heterocycles. The van der Waals surface area contributed by atoms with Crippen molar-refractivity contribution in [2.24, 2.45) is 0 Å². The molecule has 0 amide bonds. The van der Waals surface area contributed by atoms with Crippen LogP contribution in [0, 0.1) is 6.92 Å². The first-order valence-corrected chi connectivity index (χ1v) is 10.4. The van der Waals surface area contributed by atoms with E-state index in [1.807, 2.05) is 6.92 Å². The van der Waals surface area contributed by atoms with E-state index in [-0.39, 0.29) is 16.5 Å². The average molecular weight is 482 g/mol. The van der Waals surface area contributed by atoms with Gasteiger partial charge in [0.15, 0.2) is 5.82 Å². The van der Waals surface area contributed by atoms with Crippen LogP contribution in [0.3, 0.4) is 0 Å². The number of benzene rings is 2. The highest BCUT2D eigenvalue weighted by Crippen LogP contribution is 2.45. The molecule has 2 aromatic carbocycles. The van der Waals surface area contributed by atoms with E-state index in [9.17, 15) is 23.1 Å². The molecule has 1 N–H and O–H groups in total. The molecule has 0 aliphatic carbocycles. The van der Waals surface area contributed by atoms with E-state index < -0.39 is 36.6 Å². The van der Waals surface area contributed by atoms with Crippen LogP contribution in [-0.2, 0) is 15.7 Å². The Morgan fingerprint density at radius 3 is 2.67 bits per heavy atom. The average Bonchev–Trinajstić information content (AvgIpc) is 3.14. The summed E-state index contributed by atoms with van der Waals surface area (Å²) in [6, 6.07) is 9.62. The fourth-order valence-electron chi connectivity index (χ4n) is 3.93. The minimum Gasteiger partial charge on any atom is -0.494 e. The van der Waals surface area contributed by atoms with Gasteiger partial charge in [0, 0.05) is 10.6 Å². The first-order chi connectivity index (χ1) is 15.6. The summed E-state index contributed by atoms with van der Waals surface area (Å²) in [6.45, 7) is 4.04. The Bertz CT molecular complexity index is 1210. The number of aliphatic carboxylic acids is 1. The second-order valence-electron chi connectivity index (χ2n) is 7.42. The number of carbonyl (C=O) groups is 1. The smallest absolute Gasteiger partial charge is 0.452 e. The van der Waals surface area contributed by atoms with Crippen LogP contribution < -0.4 is 4.74 Å². The van der Waals surface area contributed by atoms with Crippen molar-refractivity contribution in [3.05, 3.63) is 69.8 Å². The highest BCUT2D eigenvalue weighted by Gasteiger charge is 2.43. The summed E-state index contributed by atoms with van der Waals surface area (Å²) in [4.78, 5) is 11.6. The maximum Gasteiger partial charge on any atom is 0.452 e. The number of halogens is 4. The minimum atomic E-state index is -4.83. The molecule has 0 fully saturated rings. The summed E-state index contributed by atoms with van der Waals surface area (Å²) in [7, 11) is 0. The van der Waals surface area contributed by atoms with Gasteiger partial charge in [-0.3, -0.25) is 9.36 Å². The topological polar surface area (TPSA) is 86.5 Å². The van der Waals surface area contributed by atoms with Gasteiger partial charge in [-0.15, -0.1) is 10.2 Å². The third-order valence-corrected chi connectivity index (χ3v) is 5.55. The molecule has 33 heavy (non-hydrogen) atoms. The SMILES string of the molecule is CCOc1cccc([C@H]2O[C@H](CC(=O)O)c3nnc(C(F)(F)F)n3-c3ccc(Cl)cc32)c1C. The van der Waals surface area contributed by atoms with Gasteiger partial charge >= 0.3 is 12.1 Å². The minimum absolute atomic E-state index is 0.103. The predicted molar refractivity (Wildman–Crippen MR) is 112 cm³/mol. The zero-order valence-electron chi connectivity index (χ0n) is 17.6. The molecule has 0 saturated heterocycles. The number of nitrogens with zero attached hydrogens (tertiary/aromatic N) is 3.